The Bertz CT molecular complexity index is 249. The maximum absolute atomic E-state index is 6.06. The third-order valence-corrected chi connectivity index (χ3v) is 3.38. The first kappa shape index (κ1) is 15.9. The summed E-state index contributed by atoms with van der Waals surface area (Å²) in [4.78, 5) is 0. The van der Waals surface area contributed by atoms with Crippen LogP contribution < -0.4 is 5.32 Å². The molecule has 1 rings (SSSR count). The third-order valence-electron chi connectivity index (χ3n) is 3.38. The lowest BCUT2D eigenvalue weighted by Crippen LogP contribution is -2.43. The third kappa shape index (κ3) is 5.25. The van der Waals surface area contributed by atoms with E-state index in [1.54, 1.807) is 0 Å². The van der Waals surface area contributed by atoms with Crippen LogP contribution in [0.5, 0.6) is 0 Å². The Kier molecular flexibility index (Phi) is 5.63. The van der Waals surface area contributed by atoms with E-state index in [2.05, 4.69) is 46.9 Å². The van der Waals surface area contributed by atoms with E-state index in [0.717, 1.165) is 32.6 Å². The Balaban J connectivity index is 2.16. The molecule has 0 aliphatic carbocycles. The topological polar surface area (TPSA) is 30.5 Å². The predicted octanol–water partition coefficient (Wildman–Crippen LogP) is 2.98. The van der Waals surface area contributed by atoms with Gasteiger partial charge in [0.05, 0.1) is 11.2 Å². The van der Waals surface area contributed by atoms with Crippen molar-refractivity contribution < 1.29 is 9.47 Å². The largest absolute Gasteiger partial charge is 0.381 e. The molecule has 0 aromatic heterocycles. The summed E-state index contributed by atoms with van der Waals surface area (Å²) >= 11 is 0. The number of ether oxygens (including phenoxy) is 2. The molecule has 1 aliphatic heterocycles. The highest BCUT2D eigenvalue weighted by Gasteiger charge is 2.45. The van der Waals surface area contributed by atoms with E-state index in [1.807, 2.05) is 0 Å². The smallest absolute Gasteiger partial charge is 0.0787 e. The van der Waals surface area contributed by atoms with Crippen molar-refractivity contribution in [2.24, 2.45) is 5.92 Å². The standard InChI is InChI=1S/C15H31NO2/c1-12(2)11-17-9-7-8-16-13-10-14(3,4)18-15(13,5)6/h12-13,16H,7-11H2,1-6H3. The molecule has 1 N–H and O–H groups in total. The quantitative estimate of drug-likeness (QED) is 0.711. The van der Waals surface area contributed by atoms with Gasteiger partial charge < -0.3 is 14.8 Å². The first-order valence-electron chi connectivity index (χ1n) is 7.24. The minimum absolute atomic E-state index is 0.00465. The Hall–Kier alpha value is -0.120. The van der Waals surface area contributed by atoms with Crippen LogP contribution in [0.25, 0.3) is 0 Å². The van der Waals surface area contributed by atoms with Crippen LogP contribution in [-0.4, -0.2) is 37.0 Å². The van der Waals surface area contributed by atoms with Gasteiger partial charge in [-0.2, -0.15) is 0 Å². The van der Waals surface area contributed by atoms with Crippen molar-refractivity contribution in [2.45, 2.75) is 71.6 Å². The Morgan fingerprint density at radius 1 is 1.28 bits per heavy atom. The molecule has 3 nitrogen and oxygen atoms in total. The van der Waals surface area contributed by atoms with Gasteiger partial charge in [-0.1, -0.05) is 13.8 Å². The zero-order valence-corrected chi connectivity index (χ0v) is 13.0. The minimum Gasteiger partial charge on any atom is -0.381 e. The summed E-state index contributed by atoms with van der Waals surface area (Å²) in [5.41, 5.74) is -0.0718. The summed E-state index contributed by atoms with van der Waals surface area (Å²) in [6.45, 7) is 15.8. The van der Waals surface area contributed by atoms with Gasteiger partial charge >= 0.3 is 0 Å². The van der Waals surface area contributed by atoms with Gasteiger partial charge in [0, 0.05) is 19.3 Å². The van der Waals surface area contributed by atoms with E-state index in [-0.39, 0.29) is 11.2 Å². The van der Waals surface area contributed by atoms with Gasteiger partial charge in [0.25, 0.3) is 0 Å². The van der Waals surface area contributed by atoms with Gasteiger partial charge in [-0.3, -0.25) is 0 Å². The van der Waals surface area contributed by atoms with E-state index >= 15 is 0 Å². The summed E-state index contributed by atoms with van der Waals surface area (Å²) < 4.78 is 11.6. The summed E-state index contributed by atoms with van der Waals surface area (Å²) in [6.07, 6.45) is 2.15. The second-order valence-corrected chi connectivity index (χ2v) is 7.00. The summed E-state index contributed by atoms with van der Waals surface area (Å²) in [5.74, 6) is 0.626. The average Bonchev–Trinajstić information content (AvgIpc) is 2.39. The molecule has 0 bridgehead atoms. The molecule has 0 amide bonds. The van der Waals surface area contributed by atoms with Crippen LogP contribution in [0.2, 0.25) is 0 Å². The Labute approximate surface area is 113 Å². The van der Waals surface area contributed by atoms with Crippen LogP contribution in [0.3, 0.4) is 0 Å². The van der Waals surface area contributed by atoms with E-state index in [1.165, 1.54) is 0 Å². The van der Waals surface area contributed by atoms with Gasteiger partial charge in [-0.25, -0.2) is 0 Å². The highest BCUT2D eigenvalue weighted by Crippen LogP contribution is 2.37. The summed E-state index contributed by atoms with van der Waals surface area (Å²) in [6, 6.07) is 0.442. The molecule has 1 saturated heterocycles. The van der Waals surface area contributed by atoms with Gasteiger partial charge in [-0.05, 0) is 53.0 Å². The second-order valence-electron chi connectivity index (χ2n) is 7.00. The van der Waals surface area contributed by atoms with E-state index in [0.29, 0.717) is 12.0 Å². The number of nitrogens with one attached hydrogen (secondary N) is 1. The molecular formula is C15H31NO2. The Morgan fingerprint density at radius 2 is 1.94 bits per heavy atom. The van der Waals surface area contributed by atoms with Crippen LogP contribution in [0.4, 0.5) is 0 Å². The molecule has 18 heavy (non-hydrogen) atoms. The molecule has 0 spiro atoms. The highest BCUT2D eigenvalue weighted by atomic mass is 16.5. The summed E-state index contributed by atoms with van der Waals surface area (Å²) in [5, 5.41) is 3.61. The van der Waals surface area contributed by atoms with E-state index in [4.69, 9.17) is 9.47 Å². The molecule has 1 heterocycles. The maximum Gasteiger partial charge on any atom is 0.0787 e. The highest BCUT2D eigenvalue weighted by molar-refractivity contribution is 4.98. The van der Waals surface area contributed by atoms with Crippen molar-refractivity contribution in [3.05, 3.63) is 0 Å². The molecule has 108 valence electrons. The van der Waals surface area contributed by atoms with Crippen LogP contribution in [-0.2, 0) is 9.47 Å². The first-order chi connectivity index (χ1) is 8.23. The van der Waals surface area contributed by atoms with Crippen LogP contribution >= 0.6 is 0 Å². The molecule has 1 aliphatic rings. The molecular weight excluding hydrogens is 226 g/mol. The fourth-order valence-corrected chi connectivity index (χ4v) is 2.65. The fraction of sp³-hybridized carbons (Fsp3) is 1.00. The van der Waals surface area contributed by atoms with Gasteiger partial charge in [-0.15, -0.1) is 0 Å². The Morgan fingerprint density at radius 3 is 2.44 bits per heavy atom. The van der Waals surface area contributed by atoms with Crippen LogP contribution in [0.15, 0.2) is 0 Å². The monoisotopic (exact) mass is 257 g/mol. The van der Waals surface area contributed by atoms with Crippen molar-refractivity contribution in [3.8, 4) is 0 Å². The van der Waals surface area contributed by atoms with Gasteiger partial charge in [0.2, 0.25) is 0 Å². The minimum atomic E-state index is -0.0672. The maximum atomic E-state index is 6.06. The van der Waals surface area contributed by atoms with Crippen molar-refractivity contribution in [3.63, 3.8) is 0 Å². The molecule has 0 radical (unpaired) electrons. The van der Waals surface area contributed by atoms with Gasteiger partial charge in [0.15, 0.2) is 0 Å². The lowest BCUT2D eigenvalue weighted by Gasteiger charge is -2.27. The van der Waals surface area contributed by atoms with Crippen molar-refractivity contribution in [1.29, 1.82) is 0 Å². The average molecular weight is 257 g/mol. The first-order valence-corrected chi connectivity index (χ1v) is 7.24. The lowest BCUT2D eigenvalue weighted by molar-refractivity contribution is -0.0698. The van der Waals surface area contributed by atoms with Crippen molar-refractivity contribution in [2.75, 3.05) is 19.8 Å². The molecule has 1 unspecified atom stereocenters. The molecule has 1 atom stereocenters. The number of hydrogen-bond donors (Lipinski definition) is 1. The fourth-order valence-electron chi connectivity index (χ4n) is 2.65. The molecule has 3 heteroatoms. The zero-order valence-electron chi connectivity index (χ0n) is 13.0. The van der Waals surface area contributed by atoms with Crippen LogP contribution in [0, 0.1) is 5.92 Å². The zero-order chi connectivity index (χ0) is 13.8. The van der Waals surface area contributed by atoms with E-state index in [9.17, 15) is 0 Å². The van der Waals surface area contributed by atoms with Crippen molar-refractivity contribution in [1.82, 2.24) is 5.32 Å². The molecule has 1 fully saturated rings. The molecule has 0 aromatic rings. The van der Waals surface area contributed by atoms with E-state index < -0.39 is 0 Å². The van der Waals surface area contributed by atoms with Crippen LogP contribution in [0.1, 0.15) is 54.4 Å². The number of hydrogen-bond acceptors (Lipinski definition) is 3. The molecule has 0 aromatic carbocycles. The lowest BCUT2D eigenvalue weighted by atomic mass is 9.94. The van der Waals surface area contributed by atoms with Gasteiger partial charge in [0.1, 0.15) is 0 Å². The van der Waals surface area contributed by atoms with Crippen molar-refractivity contribution >= 4 is 0 Å². The summed E-state index contributed by atoms with van der Waals surface area (Å²) in [7, 11) is 0. The number of rotatable bonds is 7. The normalized spacial score (nSPS) is 25.8. The predicted molar refractivity (Wildman–Crippen MR) is 75.9 cm³/mol. The molecule has 0 saturated carbocycles. The second kappa shape index (κ2) is 6.36. The SMILES string of the molecule is CC(C)COCCCNC1CC(C)(C)OC1(C)C.